The van der Waals surface area contributed by atoms with E-state index in [0.29, 0.717) is 19.5 Å². The number of allylic oxidation sites excluding steroid dienone is 1. The fourth-order valence-electron chi connectivity index (χ4n) is 9.54. The molecule has 0 aromatic heterocycles. The van der Waals surface area contributed by atoms with Crippen LogP contribution in [0.25, 0.3) is 0 Å². The van der Waals surface area contributed by atoms with E-state index in [1.807, 2.05) is 55.4 Å². The van der Waals surface area contributed by atoms with Gasteiger partial charge < -0.3 is 68.3 Å². The van der Waals surface area contributed by atoms with Crippen molar-refractivity contribution in [3.63, 3.8) is 0 Å². The fourth-order valence-corrected chi connectivity index (χ4v) is 9.54. The van der Waals surface area contributed by atoms with Crippen LogP contribution in [-0.2, 0) is 52.7 Å². The van der Waals surface area contributed by atoms with E-state index < -0.39 is 118 Å². The lowest BCUT2D eigenvalue weighted by molar-refractivity contribution is -0.140. The van der Waals surface area contributed by atoms with Crippen LogP contribution in [0, 0.1) is 35.5 Å². The number of carbonyl (C=O) groups excluding carboxylic acids is 11. The SMILES string of the molecule is CCC(=O)CC(O)C[C@@H](C)C[C@@H](NC(=O)[C@@H]1C[C@H](C)CN1C(=O)/C=C/[C@H](C)CC)C(=O)N[C@H](C(=O)NC(C)(C)C(=O)N[C@@H](CC(C)C)C(=O)N[C@@H](CC(C)C)C(=O)NC(C)(C)C(=O)NC(C)(C)C(=O)NCCC(=O)N[C@@H](C)CNC)[C@H](O)C(C)C. The Morgan fingerprint density at radius 1 is 0.624 bits per heavy atom. The average Bonchev–Trinajstić information content (AvgIpc) is 3.97. The predicted molar refractivity (Wildman–Crippen MR) is 325 cm³/mol. The second-order valence-corrected chi connectivity index (χ2v) is 26.4. The van der Waals surface area contributed by atoms with Crippen molar-refractivity contribution in [1.29, 1.82) is 0 Å². The van der Waals surface area contributed by atoms with E-state index in [1.165, 1.54) is 52.5 Å². The Morgan fingerprint density at radius 3 is 1.69 bits per heavy atom. The molecular formula is C61H109N11O13. The molecule has 1 aliphatic rings. The van der Waals surface area contributed by atoms with Crippen molar-refractivity contribution in [3.8, 4) is 0 Å². The van der Waals surface area contributed by atoms with Gasteiger partial charge in [-0.1, -0.05) is 88.7 Å². The molecule has 11 atom stereocenters. The van der Waals surface area contributed by atoms with Gasteiger partial charge in [0.15, 0.2) is 0 Å². The van der Waals surface area contributed by atoms with Gasteiger partial charge >= 0.3 is 0 Å². The second kappa shape index (κ2) is 35.6. The molecule has 0 saturated carbocycles. The Hall–Kier alpha value is -6.01. The zero-order chi connectivity index (χ0) is 65.5. The van der Waals surface area contributed by atoms with E-state index >= 15 is 0 Å². The minimum absolute atomic E-state index is 0.00469. The number of Topliss-reactive ketones (excluding diaryl/α,β-unsaturated/α-hetero) is 1. The monoisotopic (exact) mass is 1200 g/mol. The third kappa shape index (κ3) is 27.1. The van der Waals surface area contributed by atoms with Gasteiger partial charge in [0.1, 0.15) is 52.6 Å². The first-order valence-corrected chi connectivity index (χ1v) is 30.5. The van der Waals surface area contributed by atoms with Gasteiger partial charge in [0, 0.05) is 44.9 Å². The van der Waals surface area contributed by atoms with Crippen molar-refractivity contribution in [2.24, 2.45) is 35.5 Å². The summed E-state index contributed by atoms with van der Waals surface area (Å²) in [6.07, 6.45) is 2.06. The number of aliphatic hydroxyl groups is 2. The molecule has 0 aromatic rings. The lowest BCUT2D eigenvalue weighted by Crippen LogP contribution is -2.66. The number of hydrogen-bond donors (Lipinski definition) is 12. The molecule has 1 rings (SSSR count). The highest BCUT2D eigenvalue weighted by Crippen LogP contribution is 2.25. The molecule has 24 heteroatoms. The minimum atomic E-state index is -1.82. The van der Waals surface area contributed by atoms with E-state index in [9.17, 15) is 63.0 Å². The summed E-state index contributed by atoms with van der Waals surface area (Å²) in [6, 6.07) is -6.63. The summed E-state index contributed by atoms with van der Waals surface area (Å²) in [5.74, 6) is -8.27. The van der Waals surface area contributed by atoms with E-state index in [4.69, 9.17) is 0 Å². The van der Waals surface area contributed by atoms with Crippen LogP contribution in [0.4, 0.5) is 0 Å². The van der Waals surface area contributed by atoms with Gasteiger partial charge in [-0.05, 0) is 129 Å². The van der Waals surface area contributed by atoms with Crippen molar-refractivity contribution >= 4 is 64.9 Å². The zero-order valence-corrected chi connectivity index (χ0v) is 54.6. The lowest BCUT2D eigenvalue weighted by Gasteiger charge is -2.34. The molecule has 0 aromatic carbocycles. The molecule has 12 N–H and O–H groups in total. The Bertz CT molecular complexity index is 2300. The number of hydrogen-bond acceptors (Lipinski definition) is 14. The van der Waals surface area contributed by atoms with E-state index in [-0.39, 0.29) is 98.8 Å². The Kier molecular flexibility index (Phi) is 32.2. The van der Waals surface area contributed by atoms with Crippen molar-refractivity contribution in [3.05, 3.63) is 12.2 Å². The molecule has 1 unspecified atom stereocenters. The summed E-state index contributed by atoms with van der Waals surface area (Å²) in [4.78, 5) is 152. The number of ketones is 1. The molecule has 0 spiro atoms. The molecule has 1 saturated heterocycles. The zero-order valence-electron chi connectivity index (χ0n) is 54.6. The molecule has 486 valence electrons. The summed E-state index contributed by atoms with van der Waals surface area (Å²) in [6.45, 7) is 31.0. The number of likely N-dealkylation sites (tertiary alicyclic amines) is 1. The van der Waals surface area contributed by atoms with Crippen LogP contribution in [0.15, 0.2) is 12.2 Å². The first-order chi connectivity index (χ1) is 39.2. The highest BCUT2D eigenvalue weighted by Gasteiger charge is 2.43. The predicted octanol–water partition coefficient (Wildman–Crippen LogP) is 1.94. The van der Waals surface area contributed by atoms with E-state index in [1.54, 1.807) is 40.8 Å². The van der Waals surface area contributed by atoms with Crippen LogP contribution in [0.1, 0.15) is 182 Å². The smallest absolute Gasteiger partial charge is 0.246 e. The van der Waals surface area contributed by atoms with Crippen LogP contribution in [-0.4, -0.2) is 172 Å². The summed E-state index contributed by atoms with van der Waals surface area (Å²) in [5.41, 5.74) is -4.92. The van der Waals surface area contributed by atoms with Crippen LogP contribution < -0.4 is 53.2 Å². The van der Waals surface area contributed by atoms with Gasteiger partial charge in [0.2, 0.25) is 59.1 Å². The van der Waals surface area contributed by atoms with Crippen LogP contribution in [0.5, 0.6) is 0 Å². The number of carbonyl (C=O) groups is 11. The molecule has 1 heterocycles. The van der Waals surface area contributed by atoms with Gasteiger partial charge in [-0.15, -0.1) is 0 Å². The van der Waals surface area contributed by atoms with Crippen LogP contribution in [0.2, 0.25) is 0 Å². The molecular weight excluding hydrogens is 1090 g/mol. The highest BCUT2D eigenvalue weighted by atomic mass is 16.3. The number of aliphatic hydroxyl groups excluding tert-OH is 2. The summed E-state index contributed by atoms with van der Waals surface area (Å²) >= 11 is 0. The maximum absolute atomic E-state index is 14.5. The van der Waals surface area contributed by atoms with Gasteiger partial charge in [-0.3, -0.25) is 52.7 Å². The Balaban J connectivity index is 3.45. The second-order valence-electron chi connectivity index (χ2n) is 26.4. The largest absolute Gasteiger partial charge is 0.393 e. The van der Waals surface area contributed by atoms with Gasteiger partial charge in [-0.2, -0.15) is 0 Å². The third-order valence-electron chi connectivity index (χ3n) is 14.9. The van der Waals surface area contributed by atoms with E-state index in [0.717, 1.165) is 6.42 Å². The van der Waals surface area contributed by atoms with Crippen molar-refractivity contribution in [2.45, 2.75) is 247 Å². The van der Waals surface area contributed by atoms with Crippen molar-refractivity contribution < 1.29 is 63.0 Å². The number of nitrogens with one attached hydrogen (secondary N) is 10. The summed E-state index contributed by atoms with van der Waals surface area (Å²) < 4.78 is 0. The number of nitrogens with zero attached hydrogens (tertiary/aromatic N) is 1. The number of likely N-dealkylation sites (N-methyl/N-ethyl adjacent to an activating group) is 1. The molecule has 1 fully saturated rings. The Labute approximate surface area is 506 Å². The highest BCUT2D eigenvalue weighted by molar-refractivity contribution is 6.00. The number of rotatable bonds is 37. The molecule has 85 heavy (non-hydrogen) atoms. The molecule has 0 bridgehead atoms. The number of amides is 10. The van der Waals surface area contributed by atoms with Gasteiger partial charge in [-0.25, -0.2) is 0 Å². The maximum atomic E-state index is 14.5. The Morgan fingerprint density at radius 2 is 1.15 bits per heavy atom. The van der Waals surface area contributed by atoms with Crippen molar-refractivity contribution in [2.75, 3.05) is 26.7 Å². The standard InChI is InChI=1S/C61H109N11O13/c1-20-37(9)22-23-48(76)72-33-39(11)30-46(72)54(81)66-45(29-38(10)28-42(74)31-41(73)21-2)52(79)68-49(50(77)36(7)8)55(82)70-60(15,16)57(84)67-43(26-34(3)4)51(78)65-44(27-35(5)6)53(80)69-61(17,18)58(85)71-59(13,14)56(83)63-25-24-47(75)64-40(12)32-62-19/h22-23,34-40,42-46,49-50,62,74,77H,20-21,24-33H2,1-19H3,(H,63,83)(H,64,75)(H,65,78)(H,66,81)(H,67,84)(H,68,79)(H,69,80)(H,70,82)(H,71,85)/b23-22+/t37-,38-,39+,40+,42?,43+,44+,45-,46+,49+,50-/m1/s1. The first-order valence-electron chi connectivity index (χ1n) is 30.5. The topological polar surface area (TPSA) is 352 Å². The summed E-state index contributed by atoms with van der Waals surface area (Å²) in [5, 5.41) is 49.6. The molecule has 1 aliphatic heterocycles. The summed E-state index contributed by atoms with van der Waals surface area (Å²) in [7, 11) is 1.76. The molecule has 0 radical (unpaired) electrons. The first kappa shape index (κ1) is 77.0. The molecule has 10 amide bonds. The van der Waals surface area contributed by atoms with E-state index in [2.05, 4.69) is 53.2 Å². The van der Waals surface area contributed by atoms with Gasteiger partial charge in [0.05, 0.1) is 12.2 Å². The quantitative estimate of drug-likeness (QED) is 0.0396. The maximum Gasteiger partial charge on any atom is 0.246 e. The minimum Gasteiger partial charge on any atom is -0.393 e. The van der Waals surface area contributed by atoms with Gasteiger partial charge in [0.25, 0.3) is 0 Å². The van der Waals surface area contributed by atoms with Crippen LogP contribution in [0.3, 0.4) is 0 Å². The normalized spacial score (nSPS) is 18.0. The molecule has 0 aliphatic carbocycles. The fraction of sp³-hybridized carbons (Fsp3) is 0.787. The van der Waals surface area contributed by atoms with Crippen molar-refractivity contribution in [1.82, 2.24) is 58.1 Å². The lowest BCUT2D eigenvalue weighted by atomic mass is 9.92. The van der Waals surface area contributed by atoms with Crippen LogP contribution >= 0.6 is 0 Å². The molecule has 24 nitrogen and oxygen atoms in total. The average molecular weight is 1200 g/mol. The third-order valence-corrected chi connectivity index (χ3v) is 14.9.